The van der Waals surface area contributed by atoms with Crippen LogP contribution in [0.1, 0.15) is 5.56 Å². The third-order valence-electron chi connectivity index (χ3n) is 3.37. The number of hydrogen-bond donors (Lipinski definition) is 1. The van der Waals surface area contributed by atoms with E-state index in [2.05, 4.69) is 31.5 Å². The van der Waals surface area contributed by atoms with Crippen molar-refractivity contribution >= 4 is 44.6 Å². The van der Waals surface area contributed by atoms with Crippen molar-refractivity contribution in [2.75, 3.05) is 5.32 Å². The second-order valence-corrected chi connectivity index (χ2v) is 6.07. The molecule has 0 spiro atoms. The maximum Gasteiger partial charge on any atom is 0.270 e. The maximum absolute atomic E-state index is 14.3. The molecular weight excluding hydrogens is 391 g/mol. The highest BCUT2D eigenvalue weighted by Gasteiger charge is 2.15. The fraction of sp³-hybridized carbons (Fsp3) is 0.118. The molecular formula is C17H14BrFN4O2. The molecule has 128 valence electrons. The molecule has 8 heteroatoms. The van der Waals surface area contributed by atoms with Gasteiger partial charge in [-0.3, -0.25) is 9.48 Å². The third-order valence-corrected chi connectivity index (χ3v) is 4.09. The van der Waals surface area contributed by atoms with Crippen molar-refractivity contribution in [1.82, 2.24) is 9.78 Å². The SMILES string of the molecule is Cn1cc2cc(NC(=O)C=NOCc3ccccc3)c(F)c(Br)c2n1. The largest absolute Gasteiger partial charge is 0.391 e. The Balaban J connectivity index is 1.65. The van der Waals surface area contributed by atoms with Gasteiger partial charge < -0.3 is 10.2 Å². The van der Waals surface area contributed by atoms with Crippen LogP contribution in [0.5, 0.6) is 0 Å². The fourth-order valence-corrected chi connectivity index (χ4v) is 2.77. The molecule has 3 aromatic rings. The van der Waals surface area contributed by atoms with Gasteiger partial charge in [0.25, 0.3) is 5.91 Å². The first-order valence-electron chi connectivity index (χ1n) is 7.36. The van der Waals surface area contributed by atoms with Crippen molar-refractivity contribution < 1.29 is 14.0 Å². The summed E-state index contributed by atoms with van der Waals surface area (Å²) in [6.07, 6.45) is 2.69. The number of rotatable bonds is 5. The van der Waals surface area contributed by atoms with Crippen LogP contribution < -0.4 is 5.32 Å². The summed E-state index contributed by atoms with van der Waals surface area (Å²) in [6, 6.07) is 10.9. The summed E-state index contributed by atoms with van der Waals surface area (Å²) in [7, 11) is 1.74. The molecule has 0 aliphatic rings. The van der Waals surface area contributed by atoms with Crippen molar-refractivity contribution in [3.63, 3.8) is 0 Å². The van der Waals surface area contributed by atoms with Gasteiger partial charge in [0.15, 0.2) is 5.82 Å². The topological polar surface area (TPSA) is 68.5 Å². The predicted octanol–water partition coefficient (Wildman–Crippen LogP) is 3.62. The number of carbonyl (C=O) groups excluding carboxylic acids is 1. The number of benzene rings is 2. The molecule has 1 aromatic heterocycles. The van der Waals surface area contributed by atoms with Crippen LogP contribution >= 0.6 is 15.9 Å². The number of amides is 1. The first-order chi connectivity index (χ1) is 12.0. The number of nitrogens with zero attached hydrogens (tertiary/aromatic N) is 3. The summed E-state index contributed by atoms with van der Waals surface area (Å²) in [5.74, 6) is -1.19. The van der Waals surface area contributed by atoms with E-state index in [1.54, 1.807) is 17.9 Å². The first kappa shape index (κ1) is 17.1. The lowest BCUT2D eigenvalue weighted by molar-refractivity contribution is -0.110. The number of aryl methyl sites for hydroxylation is 1. The molecule has 0 saturated heterocycles. The Morgan fingerprint density at radius 3 is 2.96 bits per heavy atom. The van der Waals surface area contributed by atoms with E-state index in [1.165, 1.54) is 6.07 Å². The van der Waals surface area contributed by atoms with Gasteiger partial charge in [-0.2, -0.15) is 5.10 Å². The van der Waals surface area contributed by atoms with E-state index in [1.807, 2.05) is 30.3 Å². The minimum Gasteiger partial charge on any atom is -0.391 e. The van der Waals surface area contributed by atoms with E-state index < -0.39 is 11.7 Å². The lowest BCUT2D eigenvalue weighted by atomic mass is 10.2. The number of anilines is 1. The molecule has 0 aliphatic carbocycles. The van der Waals surface area contributed by atoms with Gasteiger partial charge in [-0.1, -0.05) is 35.5 Å². The number of fused-ring (bicyclic) bond motifs is 1. The highest BCUT2D eigenvalue weighted by atomic mass is 79.9. The molecule has 0 saturated carbocycles. The van der Waals surface area contributed by atoms with Crippen LogP contribution in [-0.2, 0) is 23.3 Å². The summed E-state index contributed by atoms with van der Waals surface area (Å²) in [6.45, 7) is 0.242. The Labute approximate surface area is 151 Å². The first-order valence-corrected chi connectivity index (χ1v) is 8.15. The molecule has 1 amide bonds. The van der Waals surface area contributed by atoms with Crippen molar-refractivity contribution in [2.45, 2.75) is 6.61 Å². The maximum atomic E-state index is 14.3. The van der Waals surface area contributed by atoms with Gasteiger partial charge in [-0.25, -0.2) is 4.39 Å². The van der Waals surface area contributed by atoms with Gasteiger partial charge in [0.2, 0.25) is 0 Å². The highest BCUT2D eigenvalue weighted by Crippen LogP contribution is 2.31. The van der Waals surface area contributed by atoms with E-state index in [9.17, 15) is 9.18 Å². The molecule has 0 unspecified atom stereocenters. The normalized spacial score (nSPS) is 11.2. The van der Waals surface area contributed by atoms with Crippen molar-refractivity contribution in [3.8, 4) is 0 Å². The number of nitrogens with one attached hydrogen (secondary N) is 1. The lowest BCUT2D eigenvalue weighted by Crippen LogP contribution is -2.14. The standard InChI is InChI=1S/C17H14BrFN4O2/c1-23-9-12-7-13(16(19)15(18)17(12)22-23)21-14(24)8-20-25-10-11-5-3-2-4-6-11/h2-9H,10H2,1H3,(H,21,24). The van der Waals surface area contributed by atoms with E-state index in [0.717, 1.165) is 11.8 Å². The van der Waals surface area contributed by atoms with Crippen molar-refractivity contribution in [3.05, 3.63) is 58.4 Å². The smallest absolute Gasteiger partial charge is 0.270 e. The van der Waals surface area contributed by atoms with Crippen LogP contribution in [0.15, 0.2) is 52.2 Å². The van der Waals surface area contributed by atoms with Crippen LogP contribution in [0.2, 0.25) is 0 Å². The molecule has 0 bridgehead atoms. The van der Waals surface area contributed by atoms with Gasteiger partial charge in [0.1, 0.15) is 18.3 Å². The molecule has 0 fully saturated rings. The number of carbonyl (C=O) groups is 1. The Hall–Kier alpha value is -2.74. The average Bonchev–Trinajstić information content (AvgIpc) is 2.98. The van der Waals surface area contributed by atoms with Crippen molar-refractivity contribution in [1.29, 1.82) is 0 Å². The van der Waals surface area contributed by atoms with Crippen LogP contribution in [-0.4, -0.2) is 21.9 Å². The monoisotopic (exact) mass is 404 g/mol. The van der Waals surface area contributed by atoms with Gasteiger partial charge in [-0.05, 0) is 27.6 Å². The summed E-state index contributed by atoms with van der Waals surface area (Å²) < 4.78 is 16.1. The van der Waals surface area contributed by atoms with Gasteiger partial charge >= 0.3 is 0 Å². The molecule has 0 radical (unpaired) electrons. The minimum atomic E-state index is -0.599. The number of hydrogen-bond acceptors (Lipinski definition) is 4. The third kappa shape index (κ3) is 4.03. The lowest BCUT2D eigenvalue weighted by Gasteiger charge is -2.06. The Morgan fingerprint density at radius 2 is 2.20 bits per heavy atom. The van der Waals surface area contributed by atoms with E-state index in [-0.39, 0.29) is 16.8 Å². The highest BCUT2D eigenvalue weighted by molar-refractivity contribution is 9.10. The minimum absolute atomic E-state index is 0.0342. The number of oxime groups is 1. The van der Waals surface area contributed by atoms with Gasteiger partial charge in [0, 0.05) is 18.6 Å². The predicted molar refractivity (Wildman–Crippen MR) is 96.7 cm³/mol. The van der Waals surface area contributed by atoms with E-state index >= 15 is 0 Å². The van der Waals surface area contributed by atoms with Crippen LogP contribution in [0, 0.1) is 5.82 Å². The van der Waals surface area contributed by atoms with Crippen LogP contribution in [0.4, 0.5) is 10.1 Å². The Bertz CT molecular complexity index is 941. The fourth-order valence-electron chi connectivity index (χ4n) is 2.25. The molecule has 1 N–H and O–H groups in total. The Kier molecular flexibility index (Phi) is 5.08. The molecule has 2 aromatic carbocycles. The summed E-state index contributed by atoms with van der Waals surface area (Å²) in [5, 5.41) is 10.9. The average molecular weight is 405 g/mol. The Morgan fingerprint density at radius 1 is 1.44 bits per heavy atom. The van der Waals surface area contributed by atoms with Crippen molar-refractivity contribution in [2.24, 2.45) is 12.2 Å². The molecule has 1 heterocycles. The quantitative estimate of drug-likeness (QED) is 0.521. The zero-order valence-corrected chi connectivity index (χ0v) is 14.8. The summed E-state index contributed by atoms with van der Waals surface area (Å²) >= 11 is 3.16. The van der Waals surface area contributed by atoms with Gasteiger partial charge in [-0.15, -0.1) is 0 Å². The second-order valence-electron chi connectivity index (χ2n) is 5.28. The second kappa shape index (κ2) is 7.43. The molecule has 0 aliphatic heterocycles. The van der Waals surface area contributed by atoms with Gasteiger partial charge in [0.05, 0.1) is 10.2 Å². The van der Waals surface area contributed by atoms with Crippen LogP contribution in [0.3, 0.4) is 0 Å². The number of aromatic nitrogens is 2. The summed E-state index contributed by atoms with van der Waals surface area (Å²) in [5.41, 5.74) is 1.45. The summed E-state index contributed by atoms with van der Waals surface area (Å²) in [4.78, 5) is 16.9. The zero-order chi connectivity index (χ0) is 17.8. The van der Waals surface area contributed by atoms with E-state index in [0.29, 0.717) is 10.9 Å². The molecule has 6 nitrogen and oxygen atoms in total. The molecule has 0 atom stereocenters. The van der Waals surface area contributed by atoms with E-state index in [4.69, 9.17) is 4.84 Å². The molecule has 25 heavy (non-hydrogen) atoms. The molecule has 3 rings (SSSR count). The van der Waals surface area contributed by atoms with Crippen LogP contribution in [0.25, 0.3) is 10.9 Å². The zero-order valence-electron chi connectivity index (χ0n) is 13.2. The number of halogens is 2.